The van der Waals surface area contributed by atoms with Crippen molar-refractivity contribution in [2.24, 2.45) is 0 Å². The van der Waals surface area contributed by atoms with E-state index in [1.807, 2.05) is 30.3 Å². The van der Waals surface area contributed by atoms with Crippen LogP contribution in [0.1, 0.15) is 23.8 Å². The maximum Gasteiger partial charge on any atom is 0.269 e. The van der Waals surface area contributed by atoms with E-state index in [1.54, 1.807) is 6.07 Å². The minimum Gasteiger partial charge on any atom is -0.351 e. The van der Waals surface area contributed by atoms with Crippen molar-refractivity contribution < 1.29 is 4.79 Å². The fourth-order valence-electron chi connectivity index (χ4n) is 1.67. The molecule has 3 nitrogen and oxygen atoms in total. The minimum atomic E-state index is -0.117. The van der Waals surface area contributed by atoms with E-state index in [4.69, 9.17) is 0 Å². The van der Waals surface area contributed by atoms with Gasteiger partial charge in [-0.2, -0.15) is 0 Å². The van der Waals surface area contributed by atoms with Crippen LogP contribution in [0.5, 0.6) is 0 Å². The molecule has 94 valence electrons. The fourth-order valence-corrected chi connectivity index (χ4v) is 1.90. The quantitative estimate of drug-likeness (QED) is 0.882. The molecule has 0 aliphatic carbocycles. The summed E-state index contributed by atoms with van der Waals surface area (Å²) in [5, 5.41) is 3.91. The van der Waals surface area contributed by atoms with Gasteiger partial charge >= 0.3 is 0 Å². The fraction of sp³-hybridized carbons (Fsp3) is 0.286. The number of halogens is 1. The number of amides is 1. The third kappa shape index (κ3) is 3.29. The van der Waals surface area contributed by atoms with Crippen molar-refractivity contribution in [2.45, 2.75) is 18.2 Å². The Morgan fingerprint density at radius 3 is 2.89 bits per heavy atom. The Balaban J connectivity index is 2.08. The van der Waals surface area contributed by atoms with Crippen molar-refractivity contribution in [3.05, 3.63) is 42.1 Å². The standard InChI is InChI=1S/C14H15BrN2O/c1-10(15)8-9-16-14(18)13-7-6-11-4-2-3-5-12(11)17-13/h2-7,10H,8-9H2,1H3,(H,16,18). The molecule has 0 aliphatic rings. The molecule has 0 radical (unpaired) electrons. The van der Waals surface area contributed by atoms with Gasteiger partial charge in [0.1, 0.15) is 5.69 Å². The molecule has 0 bridgehead atoms. The Bertz CT molecular complexity index is 554. The maximum atomic E-state index is 11.9. The van der Waals surface area contributed by atoms with E-state index >= 15 is 0 Å². The molecule has 1 heterocycles. The number of alkyl halides is 1. The lowest BCUT2D eigenvalue weighted by molar-refractivity contribution is 0.0949. The van der Waals surface area contributed by atoms with Gasteiger partial charge in [-0.05, 0) is 18.6 Å². The molecule has 2 aromatic rings. The SMILES string of the molecule is CC(Br)CCNC(=O)c1ccc2ccccc2n1. The first-order valence-electron chi connectivity index (χ1n) is 5.95. The molecule has 2 rings (SSSR count). The van der Waals surface area contributed by atoms with Crippen LogP contribution in [0.25, 0.3) is 10.9 Å². The number of para-hydroxylation sites is 1. The molecule has 18 heavy (non-hydrogen) atoms. The zero-order valence-corrected chi connectivity index (χ0v) is 11.8. The van der Waals surface area contributed by atoms with E-state index < -0.39 is 0 Å². The number of carbonyl (C=O) groups is 1. The molecular formula is C14H15BrN2O. The summed E-state index contributed by atoms with van der Waals surface area (Å²) in [4.78, 5) is 16.6. The van der Waals surface area contributed by atoms with Gasteiger partial charge in [0.25, 0.3) is 5.91 Å². The van der Waals surface area contributed by atoms with Crippen LogP contribution in [0, 0.1) is 0 Å². The van der Waals surface area contributed by atoms with E-state index in [2.05, 4.69) is 33.2 Å². The first-order chi connectivity index (χ1) is 8.66. The molecule has 0 spiro atoms. The van der Waals surface area contributed by atoms with Gasteiger partial charge in [-0.25, -0.2) is 4.98 Å². The highest BCUT2D eigenvalue weighted by atomic mass is 79.9. The lowest BCUT2D eigenvalue weighted by Crippen LogP contribution is -2.26. The third-order valence-corrected chi connectivity index (χ3v) is 3.12. The molecule has 1 aromatic heterocycles. The summed E-state index contributed by atoms with van der Waals surface area (Å²) in [6.07, 6.45) is 0.902. The highest BCUT2D eigenvalue weighted by molar-refractivity contribution is 9.09. The monoisotopic (exact) mass is 306 g/mol. The summed E-state index contributed by atoms with van der Waals surface area (Å²) in [5.41, 5.74) is 1.31. The first kappa shape index (κ1) is 13.0. The second kappa shape index (κ2) is 5.96. The van der Waals surface area contributed by atoms with Crippen LogP contribution < -0.4 is 5.32 Å². The second-order valence-corrected chi connectivity index (χ2v) is 5.78. The normalized spacial score (nSPS) is 12.3. The molecule has 1 atom stereocenters. The van der Waals surface area contributed by atoms with Gasteiger partial charge in [0, 0.05) is 16.8 Å². The van der Waals surface area contributed by atoms with Crippen molar-refractivity contribution in [3.63, 3.8) is 0 Å². The number of hydrogen-bond donors (Lipinski definition) is 1. The van der Waals surface area contributed by atoms with Gasteiger partial charge < -0.3 is 5.32 Å². The van der Waals surface area contributed by atoms with Crippen LogP contribution in [0.15, 0.2) is 36.4 Å². The number of fused-ring (bicyclic) bond motifs is 1. The summed E-state index contributed by atoms with van der Waals surface area (Å²) in [6.45, 7) is 2.71. The Morgan fingerprint density at radius 1 is 1.33 bits per heavy atom. The molecule has 4 heteroatoms. The Kier molecular flexibility index (Phi) is 4.31. The number of aromatic nitrogens is 1. The smallest absolute Gasteiger partial charge is 0.269 e. The summed E-state index contributed by atoms with van der Waals surface area (Å²) < 4.78 is 0. The second-order valence-electron chi connectivity index (χ2n) is 4.21. The van der Waals surface area contributed by atoms with Gasteiger partial charge in [0.05, 0.1) is 5.52 Å². The lowest BCUT2D eigenvalue weighted by atomic mass is 10.2. The van der Waals surface area contributed by atoms with Crippen LogP contribution in [-0.4, -0.2) is 22.3 Å². The third-order valence-electron chi connectivity index (χ3n) is 2.66. The maximum absolute atomic E-state index is 11.9. The molecule has 0 saturated heterocycles. The number of benzene rings is 1. The summed E-state index contributed by atoms with van der Waals surface area (Å²) in [5.74, 6) is -0.117. The van der Waals surface area contributed by atoms with Crippen LogP contribution in [0.2, 0.25) is 0 Å². The highest BCUT2D eigenvalue weighted by Crippen LogP contribution is 2.11. The molecule has 1 amide bonds. The molecule has 1 N–H and O–H groups in total. The van der Waals surface area contributed by atoms with E-state index in [0.29, 0.717) is 17.1 Å². The number of nitrogens with one attached hydrogen (secondary N) is 1. The summed E-state index contributed by atoms with van der Waals surface area (Å²) >= 11 is 3.45. The lowest BCUT2D eigenvalue weighted by Gasteiger charge is -2.06. The zero-order valence-electron chi connectivity index (χ0n) is 10.2. The van der Waals surface area contributed by atoms with Gasteiger partial charge in [-0.15, -0.1) is 0 Å². The van der Waals surface area contributed by atoms with Crippen molar-refractivity contribution >= 4 is 32.7 Å². The topological polar surface area (TPSA) is 42.0 Å². The van der Waals surface area contributed by atoms with E-state index in [0.717, 1.165) is 17.3 Å². The largest absolute Gasteiger partial charge is 0.351 e. The number of hydrogen-bond acceptors (Lipinski definition) is 2. The Morgan fingerprint density at radius 2 is 2.11 bits per heavy atom. The first-order valence-corrected chi connectivity index (χ1v) is 6.86. The molecular weight excluding hydrogens is 292 g/mol. The van der Waals surface area contributed by atoms with Crippen LogP contribution >= 0.6 is 15.9 Å². The van der Waals surface area contributed by atoms with Crippen LogP contribution in [-0.2, 0) is 0 Å². The van der Waals surface area contributed by atoms with Crippen molar-refractivity contribution in [1.29, 1.82) is 0 Å². The van der Waals surface area contributed by atoms with E-state index in [1.165, 1.54) is 0 Å². The van der Waals surface area contributed by atoms with Crippen molar-refractivity contribution in [2.75, 3.05) is 6.54 Å². The molecule has 0 aliphatic heterocycles. The number of rotatable bonds is 4. The predicted octanol–water partition coefficient (Wildman–Crippen LogP) is 3.14. The average Bonchev–Trinajstić information content (AvgIpc) is 2.37. The van der Waals surface area contributed by atoms with Crippen molar-refractivity contribution in [1.82, 2.24) is 10.3 Å². The predicted molar refractivity (Wildman–Crippen MR) is 77.1 cm³/mol. The van der Waals surface area contributed by atoms with Crippen LogP contribution in [0.4, 0.5) is 0 Å². The average molecular weight is 307 g/mol. The van der Waals surface area contributed by atoms with Gasteiger partial charge in [-0.3, -0.25) is 4.79 Å². The van der Waals surface area contributed by atoms with Gasteiger partial charge in [-0.1, -0.05) is 47.1 Å². The molecule has 0 saturated carbocycles. The summed E-state index contributed by atoms with van der Waals surface area (Å²) in [6, 6.07) is 11.5. The molecule has 1 aromatic carbocycles. The molecule has 1 unspecified atom stereocenters. The zero-order chi connectivity index (χ0) is 13.0. The van der Waals surface area contributed by atoms with E-state index in [-0.39, 0.29) is 5.91 Å². The van der Waals surface area contributed by atoms with Gasteiger partial charge in [0.15, 0.2) is 0 Å². The Hall–Kier alpha value is -1.42. The number of carbonyl (C=O) groups excluding carboxylic acids is 1. The summed E-state index contributed by atoms with van der Waals surface area (Å²) in [7, 11) is 0. The van der Waals surface area contributed by atoms with E-state index in [9.17, 15) is 4.79 Å². The highest BCUT2D eigenvalue weighted by Gasteiger charge is 2.07. The van der Waals surface area contributed by atoms with Gasteiger partial charge in [0.2, 0.25) is 0 Å². The minimum absolute atomic E-state index is 0.117. The molecule has 0 fully saturated rings. The van der Waals surface area contributed by atoms with Crippen LogP contribution in [0.3, 0.4) is 0 Å². The Labute approximate surface area is 115 Å². The number of nitrogens with zero attached hydrogens (tertiary/aromatic N) is 1. The number of pyridine rings is 1. The van der Waals surface area contributed by atoms with Crippen molar-refractivity contribution in [3.8, 4) is 0 Å².